The van der Waals surface area contributed by atoms with Crippen LogP contribution in [-0.4, -0.2) is 38.2 Å². The molecule has 1 saturated carbocycles. The second-order valence-corrected chi connectivity index (χ2v) is 6.16. The van der Waals surface area contributed by atoms with E-state index in [4.69, 9.17) is 4.74 Å². The van der Waals surface area contributed by atoms with Gasteiger partial charge in [0.15, 0.2) is 0 Å². The van der Waals surface area contributed by atoms with Gasteiger partial charge in [-0.25, -0.2) is 4.39 Å². The van der Waals surface area contributed by atoms with Gasteiger partial charge in [-0.3, -0.25) is 4.90 Å². The molecule has 1 aliphatic carbocycles. The number of halogens is 1. The van der Waals surface area contributed by atoms with Gasteiger partial charge >= 0.3 is 0 Å². The Morgan fingerprint density at radius 1 is 1.24 bits per heavy atom. The summed E-state index contributed by atoms with van der Waals surface area (Å²) in [7, 11) is 1.65. The van der Waals surface area contributed by atoms with Crippen LogP contribution in [0.15, 0.2) is 18.2 Å². The average Bonchev–Trinajstić information content (AvgIpc) is 3.04. The highest BCUT2D eigenvalue weighted by molar-refractivity contribution is 5.32. The molecule has 3 rings (SSSR count). The second-order valence-electron chi connectivity index (χ2n) is 6.16. The fourth-order valence-corrected chi connectivity index (χ4v) is 3.86. The van der Waals surface area contributed by atoms with E-state index >= 15 is 0 Å². The number of methoxy groups -OCH3 is 1. The molecule has 0 aromatic heterocycles. The van der Waals surface area contributed by atoms with Crippen molar-refractivity contribution in [3.05, 3.63) is 29.6 Å². The molecule has 0 unspecified atom stereocenters. The third-order valence-electron chi connectivity index (χ3n) is 4.91. The van der Waals surface area contributed by atoms with Crippen LogP contribution in [0.25, 0.3) is 0 Å². The van der Waals surface area contributed by atoms with Crippen LogP contribution in [-0.2, 0) is 0 Å². The van der Waals surface area contributed by atoms with E-state index in [9.17, 15) is 4.39 Å². The zero-order valence-corrected chi connectivity index (χ0v) is 12.8. The maximum absolute atomic E-state index is 14.5. The average molecular weight is 292 g/mol. The SMILES string of the molecule is COc1ccc(F)c([C@H](C2CCCC2)N2CCNCC2)c1. The lowest BCUT2D eigenvalue weighted by atomic mass is 9.89. The van der Waals surface area contributed by atoms with Crippen molar-refractivity contribution in [2.24, 2.45) is 5.92 Å². The summed E-state index contributed by atoms with van der Waals surface area (Å²) >= 11 is 0. The molecule has 1 heterocycles. The molecule has 116 valence electrons. The third kappa shape index (κ3) is 3.22. The molecule has 1 saturated heterocycles. The van der Waals surface area contributed by atoms with Gasteiger partial charge in [-0.1, -0.05) is 12.8 Å². The highest BCUT2D eigenvalue weighted by Gasteiger charge is 2.33. The van der Waals surface area contributed by atoms with Gasteiger partial charge in [0, 0.05) is 37.8 Å². The normalized spacial score (nSPS) is 22.4. The summed E-state index contributed by atoms with van der Waals surface area (Å²) in [4.78, 5) is 2.46. The molecule has 0 amide bonds. The molecule has 0 spiro atoms. The summed E-state index contributed by atoms with van der Waals surface area (Å²) in [5.74, 6) is 1.24. The molecular formula is C17H25FN2O. The van der Waals surface area contributed by atoms with Crippen LogP contribution in [0.1, 0.15) is 37.3 Å². The number of benzene rings is 1. The van der Waals surface area contributed by atoms with E-state index in [0.717, 1.165) is 37.5 Å². The molecule has 1 aromatic rings. The Bertz CT molecular complexity index is 468. The number of hydrogen-bond donors (Lipinski definition) is 1. The maximum Gasteiger partial charge on any atom is 0.128 e. The Kier molecular flexibility index (Phi) is 4.76. The van der Waals surface area contributed by atoms with Crippen LogP contribution in [0.2, 0.25) is 0 Å². The van der Waals surface area contributed by atoms with Crippen molar-refractivity contribution in [1.29, 1.82) is 0 Å². The number of nitrogens with one attached hydrogen (secondary N) is 1. The largest absolute Gasteiger partial charge is 0.497 e. The number of piperazine rings is 1. The molecule has 0 radical (unpaired) electrons. The fourth-order valence-electron chi connectivity index (χ4n) is 3.86. The van der Waals surface area contributed by atoms with Crippen molar-refractivity contribution >= 4 is 0 Å². The molecular weight excluding hydrogens is 267 g/mol. The van der Waals surface area contributed by atoms with Gasteiger partial charge in [0.1, 0.15) is 11.6 Å². The molecule has 1 N–H and O–H groups in total. The van der Waals surface area contributed by atoms with Crippen LogP contribution < -0.4 is 10.1 Å². The van der Waals surface area contributed by atoms with Crippen LogP contribution >= 0.6 is 0 Å². The first kappa shape index (κ1) is 14.8. The predicted octanol–water partition coefficient (Wildman–Crippen LogP) is 2.97. The van der Waals surface area contributed by atoms with E-state index in [1.807, 2.05) is 6.07 Å². The van der Waals surface area contributed by atoms with E-state index in [-0.39, 0.29) is 11.9 Å². The van der Waals surface area contributed by atoms with Crippen LogP contribution in [0, 0.1) is 11.7 Å². The highest BCUT2D eigenvalue weighted by Crippen LogP contribution is 2.41. The summed E-state index contributed by atoms with van der Waals surface area (Å²) in [6.07, 6.45) is 4.98. The van der Waals surface area contributed by atoms with Crippen molar-refractivity contribution < 1.29 is 9.13 Å². The van der Waals surface area contributed by atoms with Crippen LogP contribution in [0.3, 0.4) is 0 Å². The minimum atomic E-state index is -0.0915. The minimum absolute atomic E-state index is 0.0915. The summed E-state index contributed by atoms with van der Waals surface area (Å²) in [5.41, 5.74) is 0.822. The summed E-state index contributed by atoms with van der Waals surface area (Å²) in [6.45, 7) is 3.99. The van der Waals surface area contributed by atoms with Crippen LogP contribution in [0.5, 0.6) is 5.75 Å². The van der Waals surface area contributed by atoms with E-state index < -0.39 is 0 Å². The Morgan fingerprint density at radius 3 is 2.62 bits per heavy atom. The minimum Gasteiger partial charge on any atom is -0.497 e. The topological polar surface area (TPSA) is 24.5 Å². The smallest absolute Gasteiger partial charge is 0.128 e. The lowest BCUT2D eigenvalue weighted by molar-refractivity contribution is 0.122. The molecule has 1 aliphatic heterocycles. The Hall–Kier alpha value is -1.13. The van der Waals surface area contributed by atoms with E-state index in [0.29, 0.717) is 5.92 Å². The van der Waals surface area contributed by atoms with E-state index in [1.54, 1.807) is 19.2 Å². The molecule has 2 aliphatic rings. The number of hydrogen-bond acceptors (Lipinski definition) is 3. The maximum atomic E-state index is 14.5. The molecule has 4 heteroatoms. The first-order chi connectivity index (χ1) is 10.3. The van der Waals surface area contributed by atoms with Crippen molar-refractivity contribution in [3.63, 3.8) is 0 Å². The van der Waals surface area contributed by atoms with Gasteiger partial charge in [-0.05, 0) is 37.0 Å². The summed E-state index contributed by atoms with van der Waals surface area (Å²) in [5, 5.41) is 3.39. The molecule has 3 nitrogen and oxygen atoms in total. The predicted molar refractivity (Wildman–Crippen MR) is 82.1 cm³/mol. The standard InChI is InChI=1S/C17H25FN2O/c1-21-14-6-7-16(18)15(12-14)17(13-4-2-3-5-13)20-10-8-19-9-11-20/h6-7,12-13,17,19H,2-5,8-11H2,1H3/t17-/m0/s1. The summed E-state index contributed by atoms with van der Waals surface area (Å²) in [6, 6.07) is 5.37. The van der Waals surface area contributed by atoms with E-state index in [1.165, 1.54) is 25.7 Å². The van der Waals surface area contributed by atoms with Crippen LogP contribution in [0.4, 0.5) is 4.39 Å². The lowest BCUT2D eigenvalue weighted by Gasteiger charge is -2.38. The van der Waals surface area contributed by atoms with Gasteiger partial charge in [0.05, 0.1) is 7.11 Å². The first-order valence-corrected chi connectivity index (χ1v) is 8.08. The van der Waals surface area contributed by atoms with E-state index in [2.05, 4.69) is 10.2 Å². The van der Waals surface area contributed by atoms with Gasteiger partial charge in [0.2, 0.25) is 0 Å². The molecule has 2 fully saturated rings. The Balaban J connectivity index is 1.93. The number of rotatable bonds is 4. The van der Waals surface area contributed by atoms with Crippen molar-refractivity contribution in [3.8, 4) is 5.75 Å². The van der Waals surface area contributed by atoms with Gasteiger partial charge in [-0.2, -0.15) is 0 Å². The Morgan fingerprint density at radius 2 is 1.95 bits per heavy atom. The van der Waals surface area contributed by atoms with Gasteiger partial charge < -0.3 is 10.1 Å². The molecule has 21 heavy (non-hydrogen) atoms. The fraction of sp³-hybridized carbons (Fsp3) is 0.647. The third-order valence-corrected chi connectivity index (χ3v) is 4.91. The molecule has 1 atom stereocenters. The zero-order valence-electron chi connectivity index (χ0n) is 12.8. The van der Waals surface area contributed by atoms with Crippen molar-refractivity contribution in [2.75, 3.05) is 33.3 Å². The first-order valence-electron chi connectivity index (χ1n) is 8.08. The zero-order chi connectivity index (χ0) is 14.7. The second kappa shape index (κ2) is 6.75. The quantitative estimate of drug-likeness (QED) is 0.923. The van der Waals surface area contributed by atoms with Crippen molar-refractivity contribution in [2.45, 2.75) is 31.7 Å². The highest BCUT2D eigenvalue weighted by atomic mass is 19.1. The molecule has 0 bridgehead atoms. The lowest BCUT2D eigenvalue weighted by Crippen LogP contribution is -2.46. The number of ether oxygens (including phenoxy) is 1. The van der Waals surface area contributed by atoms with Gasteiger partial charge in [-0.15, -0.1) is 0 Å². The van der Waals surface area contributed by atoms with Crippen molar-refractivity contribution in [1.82, 2.24) is 10.2 Å². The monoisotopic (exact) mass is 292 g/mol. The number of nitrogens with zero attached hydrogens (tertiary/aromatic N) is 1. The summed E-state index contributed by atoms with van der Waals surface area (Å²) < 4.78 is 19.8. The molecule has 1 aromatic carbocycles. The van der Waals surface area contributed by atoms with Gasteiger partial charge in [0.25, 0.3) is 0 Å². The Labute approximate surface area is 126 Å².